The largest absolute Gasteiger partial charge is 0.485 e. The molecular weight excluding hydrogens is 617 g/mol. The third-order valence-electron chi connectivity index (χ3n) is 6.99. The molecule has 2 aliphatic heterocycles. The number of aryl methyl sites for hydroxylation is 1. The lowest BCUT2D eigenvalue weighted by Gasteiger charge is -2.21. The van der Waals surface area contributed by atoms with Crippen molar-refractivity contribution in [1.29, 1.82) is 0 Å². The van der Waals surface area contributed by atoms with E-state index in [0.717, 1.165) is 26.9 Å². The number of imide groups is 1. The van der Waals surface area contributed by atoms with E-state index in [2.05, 4.69) is 10.9 Å². The van der Waals surface area contributed by atoms with Crippen molar-refractivity contribution in [3.8, 4) is 29.2 Å². The molecule has 0 N–H and O–H groups in total. The number of amides is 3. The minimum absolute atomic E-state index is 0.0727. The number of thiophene rings is 1. The lowest BCUT2D eigenvalue weighted by molar-refractivity contribution is -0.131. The van der Waals surface area contributed by atoms with Crippen molar-refractivity contribution < 1.29 is 33.0 Å². The molecule has 4 heterocycles. The van der Waals surface area contributed by atoms with Gasteiger partial charge in [-0.05, 0) is 36.8 Å². The number of aromatic nitrogens is 1. The first-order valence-electron chi connectivity index (χ1n) is 13.6. The van der Waals surface area contributed by atoms with Crippen LogP contribution in [0.1, 0.15) is 16.9 Å². The van der Waals surface area contributed by atoms with Crippen LogP contribution < -0.4 is 4.74 Å². The van der Waals surface area contributed by atoms with Gasteiger partial charge in [0.1, 0.15) is 18.5 Å². The summed E-state index contributed by atoms with van der Waals surface area (Å²) in [5, 5.41) is 0.219. The van der Waals surface area contributed by atoms with E-state index in [1.54, 1.807) is 18.3 Å². The van der Waals surface area contributed by atoms with Gasteiger partial charge in [0.2, 0.25) is 11.8 Å². The molecule has 3 amide bonds. The zero-order valence-electron chi connectivity index (χ0n) is 23.3. The molecule has 0 bridgehead atoms. The Morgan fingerprint density at radius 2 is 2.00 bits per heavy atom. The second-order valence-corrected chi connectivity index (χ2v) is 12.5. The van der Waals surface area contributed by atoms with Gasteiger partial charge in [-0.2, -0.15) is 0 Å². The number of carbonyl (C=O) groups excluding carboxylic acids is 3. The van der Waals surface area contributed by atoms with Crippen LogP contribution in [0.3, 0.4) is 0 Å². The normalized spacial score (nSPS) is 18.6. The molecule has 2 fully saturated rings. The first-order chi connectivity index (χ1) is 20.7. The predicted octanol–water partition coefficient (Wildman–Crippen LogP) is 5.10. The average Bonchev–Trinajstić information content (AvgIpc) is 3.66. The first-order valence-corrected chi connectivity index (χ1v) is 15.8. The number of hydrogen-bond donors (Lipinski definition) is 0. The Morgan fingerprint density at radius 3 is 2.77 bits per heavy atom. The van der Waals surface area contributed by atoms with E-state index in [1.807, 2.05) is 19.1 Å². The van der Waals surface area contributed by atoms with Crippen LogP contribution in [0.4, 0.5) is 9.18 Å². The second kappa shape index (κ2) is 14.1. The zero-order valence-corrected chi connectivity index (χ0v) is 25.7. The lowest BCUT2D eigenvalue weighted by Crippen LogP contribution is -2.31. The smallest absolute Gasteiger partial charge is 0.289 e. The van der Waals surface area contributed by atoms with Crippen molar-refractivity contribution in [1.82, 2.24) is 14.8 Å². The quantitative estimate of drug-likeness (QED) is 0.198. The molecule has 9 nitrogen and oxygen atoms in total. The number of hydrogen-bond acceptors (Lipinski definition) is 9. The fourth-order valence-corrected chi connectivity index (χ4v) is 7.05. The van der Waals surface area contributed by atoms with Gasteiger partial charge in [-0.3, -0.25) is 24.3 Å². The monoisotopic (exact) mass is 645 g/mol. The summed E-state index contributed by atoms with van der Waals surface area (Å²) in [6.07, 6.45) is 4.64. The molecule has 0 unspecified atom stereocenters. The molecule has 2 aliphatic rings. The van der Waals surface area contributed by atoms with E-state index in [0.29, 0.717) is 40.6 Å². The standard InChI is InChI=1S/C30H29ClFN3O6S2/c1-3-7-39-9-10-40-8-5-26(36)34-15-23(32)25(16-34)41-28-18(2)11-19(31)12-22(28)21-4-6-33-24-13-20(43-29(21)24)14-35-27(37)17-42-30(35)38/h1,4,6,11-13,23,25H,5,7-10,14-17H2,2H3/t23-,25+/m0/s1. The summed E-state index contributed by atoms with van der Waals surface area (Å²) in [5.74, 6) is 2.53. The van der Waals surface area contributed by atoms with Gasteiger partial charge >= 0.3 is 0 Å². The SMILES string of the molecule is C#CCOCCOCCC(=O)N1C[C@H](F)[C@H](Oc2c(C)cc(Cl)cc2-c2ccnc3cc(CN4C(=O)CSC4=O)sc23)C1. The molecule has 2 saturated heterocycles. The molecule has 0 saturated carbocycles. The number of halogens is 2. The number of terminal acetylenes is 1. The Balaban J connectivity index is 1.31. The molecule has 5 rings (SSSR count). The maximum absolute atomic E-state index is 15.2. The molecule has 0 spiro atoms. The summed E-state index contributed by atoms with van der Waals surface area (Å²) < 4.78 is 32.9. The summed E-state index contributed by atoms with van der Waals surface area (Å²) >= 11 is 8.89. The van der Waals surface area contributed by atoms with Crippen LogP contribution in [0.25, 0.3) is 21.3 Å². The van der Waals surface area contributed by atoms with Gasteiger partial charge in [-0.25, -0.2) is 4.39 Å². The van der Waals surface area contributed by atoms with Crippen LogP contribution in [0.15, 0.2) is 30.5 Å². The van der Waals surface area contributed by atoms with E-state index in [-0.39, 0.29) is 62.1 Å². The van der Waals surface area contributed by atoms with Crippen LogP contribution in [-0.4, -0.2) is 89.4 Å². The molecule has 2 atom stereocenters. The Hall–Kier alpha value is -3.21. The summed E-state index contributed by atoms with van der Waals surface area (Å²) in [6, 6.07) is 7.20. The molecule has 0 aliphatic carbocycles. The molecule has 3 aromatic rings. The van der Waals surface area contributed by atoms with E-state index >= 15 is 4.39 Å². The number of thioether (sulfide) groups is 1. The van der Waals surface area contributed by atoms with Crippen molar-refractivity contribution in [3.63, 3.8) is 0 Å². The van der Waals surface area contributed by atoms with Crippen molar-refractivity contribution >= 4 is 62.0 Å². The average molecular weight is 646 g/mol. The predicted molar refractivity (Wildman–Crippen MR) is 164 cm³/mol. The summed E-state index contributed by atoms with van der Waals surface area (Å²) in [6.45, 7) is 3.07. The van der Waals surface area contributed by atoms with Gasteiger partial charge in [0.05, 0.1) is 61.8 Å². The Kier molecular flexibility index (Phi) is 10.2. The summed E-state index contributed by atoms with van der Waals surface area (Å²) in [5.41, 5.74) is 2.85. The third-order valence-corrected chi connectivity index (χ3v) is 9.20. The summed E-state index contributed by atoms with van der Waals surface area (Å²) in [7, 11) is 0. The molecular formula is C30H29ClFN3O6S2. The van der Waals surface area contributed by atoms with Gasteiger partial charge in [0.15, 0.2) is 6.17 Å². The van der Waals surface area contributed by atoms with Gasteiger partial charge in [0.25, 0.3) is 5.24 Å². The molecule has 43 heavy (non-hydrogen) atoms. The fraction of sp³-hybridized carbons (Fsp3) is 0.400. The highest BCUT2D eigenvalue weighted by Crippen LogP contribution is 2.42. The number of fused-ring (bicyclic) bond motifs is 1. The lowest BCUT2D eigenvalue weighted by atomic mass is 10.0. The number of likely N-dealkylation sites (tertiary alicyclic amines) is 1. The molecule has 2 aromatic heterocycles. The highest BCUT2D eigenvalue weighted by atomic mass is 35.5. The van der Waals surface area contributed by atoms with Crippen LogP contribution in [0, 0.1) is 19.3 Å². The van der Waals surface area contributed by atoms with E-state index in [9.17, 15) is 14.4 Å². The molecule has 226 valence electrons. The van der Waals surface area contributed by atoms with Crippen molar-refractivity contribution in [2.24, 2.45) is 0 Å². The Labute approximate surface area is 261 Å². The molecule has 13 heteroatoms. The minimum Gasteiger partial charge on any atom is -0.485 e. The van der Waals surface area contributed by atoms with Crippen LogP contribution in [-0.2, 0) is 25.6 Å². The highest BCUT2D eigenvalue weighted by Gasteiger charge is 2.38. The van der Waals surface area contributed by atoms with Crippen LogP contribution >= 0.6 is 34.7 Å². The highest BCUT2D eigenvalue weighted by molar-refractivity contribution is 8.14. The topological polar surface area (TPSA) is 98.3 Å². The number of carbonyl (C=O) groups is 3. The fourth-order valence-electron chi connectivity index (χ4n) is 4.92. The van der Waals surface area contributed by atoms with Gasteiger partial charge in [-0.1, -0.05) is 29.3 Å². The van der Waals surface area contributed by atoms with Crippen LogP contribution in [0.2, 0.25) is 5.02 Å². The molecule has 0 radical (unpaired) electrons. The Morgan fingerprint density at radius 1 is 1.19 bits per heavy atom. The number of pyridine rings is 1. The second-order valence-electron chi connectivity index (χ2n) is 10.0. The van der Waals surface area contributed by atoms with E-state index in [4.69, 9.17) is 32.2 Å². The number of alkyl halides is 1. The van der Waals surface area contributed by atoms with Gasteiger partial charge in [-0.15, -0.1) is 17.8 Å². The number of ether oxygens (including phenoxy) is 3. The summed E-state index contributed by atoms with van der Waals surface area (Å²) in [4.78, 5) is 45.0. The Bertz CT molecular complexity index is 1560. The maximum Gasteiger partial charge on any atom is 0.289 e. The van der Waals surface area contributed by atoms with Crippen LogP contribution in [0.5, 0.6) is 5.75 Å². The van der Waals surface area contributed by atoms with Crippen molar-refractivity contribution in [2.75, 3.05) is 45.3 Å². The zero-order chi connectivity index (χ0) is 30.5. The van der Waals surface area contributed by atoms with Crippen molar-refractivity contribution in [2.45, 2.75) is 32.2 Å². The minimum atomic E-state index is -1.39. The molecule has 1 aromatic carbocycles. The number of nitrogens with zero attached hydrogens (tertiary/aromatic N) is 3. The van der Waals surface area contributed by atoms with E-state index < -0.39 is 12.3 Å². The van der Waals surface area contributed by atoms with Gasteiger partial charge < -0.3 is 19.1 Å². The first kappa shape index (κ1) is 31.2. The number of benzene rings is 1. The number of rotatable bonds is 12. The maximum atomic E-state index is 15.2. The van der Waals surface area contributed by atoms with Gasteiger partial charge in [0, 0.05) is 27.2 Å². The van der Waals surface area contributed by atoms with E-state index in [1.165, 1.54) is 21.1 Å². The van der Waals surface area contributed by atoms with Crippen molar-refractivity contribution in [3.05, 3.63) is 45.9 Å². The third kappa shape index (κ3) is 7.30.